The van der Waals surface area contributed by atoms with E-state index in [1.165, 1.54) is 71.9 Å². The van der Waals surface area contributed by atoms with Gasteiger partial charge in [-0.3, -0.25) is 0 Å². The average molecular weight is 461 g/mol. The highest BCUT2D eigenvalue weighted by Crippen LogP contribution is 2.46. The number of rotatable bonds is 7. The lowest BCUT2D eigenvalue weighted by Crippen LogP contribution is -2.09. The molecule has 2 saturated carbocycles. The first-order chi connectivity index (χ1) is 16.2. The topological polar surface area (TPSA) is 49.8 Å². The highest BCUT2D eigenvalue weighted by atomic mass is 15.0. The van der Waals surface area contributed by atoms with Gasteiger partial charge in [-0.05, 0) is 97.6 Å². The Kier molecular flexibility index (Phi) is 8.57. The molecule has 0 bridgehead atoms. The molecule has 2 heterocycles. The fourth-order valence-electron chi connectivity index (χ4n) is 5.42. The molecule has 2 aliphatic rings. The van der Waals surface area contributed by atoms with Gasteiger partial charge < -0.3 is 10.6 Å². The third kappa shape index (κ3) is 5.54. The van der Waals surface area contributed by atoms with Crippen LogP contribution in [0.3, 0.4) is 0 Å². The molecule has 0 radical (unpaired) electrons. The van der Waals surface area contributed by atoms with Crippen LogP contribution in [0.25, 0.3) is 11.1 Å². The van der Waals surface area contributed by atoms with Crippen LogP contribution in [-0.4, -0.2) is 24.1 Å². The molecule has 0 aliphatic heterocycles. The normalized spacial score (nSPS) is 15.6. The van der Waals surface area contributed by atoms with Gasteiger partial charge in [0.25, 0.3) is 0 Å². The second kappa shape index (κ2) is 11.2. The maximum Gasteiger partial charge on any atom is 0.133 e. The molecule has 4 heteroatoms. The predicted molar refractivity (Wildman–Crippen MR) is 149 cm³/mol. The van der Waals surface area contributed by atoms with Crippen LogP contribution in [0.4, 0.5) is 11.6 Å². The molecule has 0 unspecified atom stereocenters. The summed E-state index contributed by atoms with van der Waals surface area (Å²) in [5.74, 6) is 3.91. The second-order valence-corrected chi connectivity index (χ2v) is 10.4. The van der Waals surface area contributed by atoms with Crippen molar-refractivity contribution in [1.29, 1.82) is 0 Å². The van der Waals surface area contributed by atoms with Crippen LogP contribution >= 0.6 is 0 Å². The summed E-state index contributed by atoms with van der Waals surface area (Å²) in [6, 6.07) is 0. The molecule has 0 saturated heterocycles. The van der Waals surface area contributed by atoms with Crippen LogP contribution in [0.2, 0.25) is 0 Å². The number of allylic oxidation sites excluding steroid dienone is 2. The van der Waals surface area contributed by atoms with E-state index in [2.05, 4.69) is 74.6 Å². The van der Waals surface area contributed by atoms with Gasteiger partial charge in [0.15, 0.2) is 0 Å². The first-order valence-electron chi connectivity index (χ1n) is 12.9. The number of anilines is 2. The summed E-state index contributed by atoms with van der Waals surface area (Å²) in [4.78, 5) is 9.02. The Morgan fingerprint density at radius 3 is 1.74 bits per heavy atom. The van der Waals surface area contributed by atoms with E-state index in [9.17, 15) is 0 Å². The van der Waals surface area contributed by atoms with E-state index >= 15 is 0 Å². The molecule has 34 heavy (non-hydrogen) atoms. The summed E-state index contributed by atoms with van der Waals surface area (Å²) in [5.41, 5.74) is 10.4. The Bertz CT molecular complexity index is 1040. The van der Waals surface area contributed by atoms with Crippen LogP contribution in [0.1, 0.15) is 117 Å². The third-order valence-electron chi connectivity index (χ3n) is 7.17. The maximum atomic E-state index is 4.60. The Morgan fingerprint density at radius 2 is 1.29 bits per heavy atom. The van der Waals surface area contributed by atoms with Gasteiger partial charge in [0, 0.05) is 37.6 Å². The van der Waals surface area contributed by atoms with Gasteiger partial charge in [-0.1, -0.05) is 39.8 Å². The summed E-state index contributed by atoms with van der Waals surface area (Å²) in [6.45, 7) is 19.1. The second-order valence-electron chi connectivity index (χ2n) is 10.4. The van der Waals surface area contributed by atoms with Gasteiger partial charge in [-0.2, -0.15) is 0 Å². The quantitative estimate of drug-likeness (QED) is 0.436. The fourth-order valence-corrected chi connectivity index (χ4v) is 5.42. The van der Waals surface area contributed by atoms with Crippen molar-refractivity contribution in [2.75, 3.05) is 24.7 Å². The lowest BCUT2D eigenvalue weighted by Gasteiger charge is -2.24. The minimum atomic E-state index is 0.520. The van der Waals surface area contributed by atoms with Crippen molar-refractivity contribution in [2.45, 2.75) is 90.9 Å². The number of nitrogens with one attached hydrogen (secondary N) is 2. The summed E-state index contributed by atoms with van der Waals surface area (Å²) in [6.07, 6.45) is 12.0. The summed E-state index contributed by atoms with van der Waals surface area (Å²) < 4.78 is 0. The van der Waals surface area contributed by atoms with E-state index in [1.54, 1.807) is 0 Å². The zero-order valence-corrected chi connectivity index (χ0v) is 22.4. The van der Waals surface area contributed by atoms with E-state index in [4.69, 9.17) is 0 Å². The van der Waals surface area contributed by atoms with Crippen LogP contribution in [0, 0.1) is 6.92 Å². The SMILES string of the molecule is C=C(C)c1c(NC)ncc(C(C)C)c1C1CCCC1.C=C(C)c1c(NC)ncc(C)c1C1CC1. The average Bonchev–Trinajstić information content (AvgIpc) is 3.50. The van der Waals surface area contributed by atoms with Gasteiger partial charge >= 0.3 is 0 Å². The van der Waals surface area contributed by atoms with E-state index in [0.717, 1.165) is 28.7 Å². The highest BCUT2D eigenvalue weighted by molar-refractivity contribution is 5.76. The molecular formula is C30H44N4. The van der Waals surface area contributed by atoms with Gasteiger partial charge in [-0.15, -0.1) is 0 Å². The van der Waals surface area contributed by atoms with Crippen LogP contribution in [0.5, 0.6) is 0 Å². The maximum absolute atomic E-state index is 4.60. The Hall–Kier alpha value is -2.62. The van der Waals surface area contributed by atoms with Gasteiger partial charge in [0.2, 0.25) is 0 Å². The molecule has 0 aromatic carbocycles. The first-order valence-corrected chi connectivity index (χ1v) is 12.9. The minimum absolute atomic E-state index is 0.520. The highest BCUT2D eigenvalue weighted by Gasteiger charge is 2.29. The minimum Gasteiger partial charge on any atom is -0.373 e. The monoisotopic (exact) mass is 460 g/mol. The molecule has 0 spiro atoms. The molecule has 0 atom stereocenters. The summed E-state index contributed by atoms with van der Waals surface area (Å²) >= 11 is 0. The van der Waals surface area contributed by atoms with Gasteiger partial charge in [0.05, 0.1) is 0 Å². The van der Waals surface area contributed by atoms with E-state index < -0.39 is 0 Å². The van der Waals surface area contributed by atoms with Crippen molar-refractivity contribution in [3.8, 4) is 0 Å². The first kappa shape index (κ1) is 26.0. The van der Waals surface area contributed by atoms with Crippen molar-refractivity contribution in [1.82, 2.24) is 9.97 Å². The van der Waals surface area contributed by atoms with Gasteiger partial charge in [0.1, 0.15) is 11.6 Å². The largest absolute Gasteiger partial charge is 0.373 e. The van der Waals surface area contributed by atoms with Crippen LogP contribution < -0.4 is 10.6 Å². The summed E-state index contributed by atoms with van der Waals surface area (Å²) in [7, 11) is 3.86. The van der Waals surface area contributed by atoms with Crippen molar-refractivity contribution in [3.63, 3.8) is 0 Å². The van der Waals surface area contributed by atoms with Crippen molar-refractivity contribution < 1.29 is 0 Å². The molecule has 2 fully saturated rings. The number of pyridine rings is 2. The lowest BCUT2D eigenvalue weighted by molar-refractivity contribution is 0.693. The molecule has 4 nitrogen and oxygen atoms in total. The molecule has 2 aromatic heterocycles. The van der Waals surface area contributed by atoms with E-state index in [-0.39, 0.29) is 0 Å². The molecule has 2 aromatic rings. The summed E-state index contributed by atoms with van der Waals surface area (Å²) in [5, 5.41) is 6.39. The molecule has 4 rings (SSSR count). The Morgan fingerprint density at radius 1 is 0.824 bits per heavy atom. The van der Waals surface area contributed by atoms with Gasteiger partial charge in [-0.25, -0.2) is 9.97 Å². The molecule has 0 amide bonds. The number of aromatic nitrogens is 2. The van der Waals surface area contributed by atoms with Crippen LogP contribution in [-0.2, 0) is 0 Å². The number of nitrogens with zero attached hydrogens (tertiary/aromatic N) is 2. The Labute approximate surface area is 207 Å². The zero-order valence-electron chi connectivity index (χ0n) is 22.4. The third-order valence-corrected chi connectivity index (χ3v) is 7.17. The fraction of sp³-hybridized carbons (Fsp3) is 0.533. The molecular weight excluding hydrogens is 416 g/mol. The molecule has 2 N–H and O–H groups in total. The lowest BCUT2D eigenvalue weighted by atomic mass is 9.84. The van der Waals surface area contributed by atoms with E-state index in [0.29, 0.717) is 11.8 Å². The van der Waals surface area contributed by atoms with E-state index in [1.807, 2.05) is 20.3 Å². The van der Waals surface area contributed by atoms with Crippen molar-refractivity contribution in [3.05, 3.63) is 58.9 Å². The number of hydrogen-bond donors (Lipinski definition) is 2. The van der Waals surface area contributed by atoms with Crippen molar-refractivity contribution >= 4 is 22.8 Å². The molecule has 2 aliphatic carbocycles. The number of hydrogen-bond acceptors (Lipinski definition) is 4. The smallest absolute Gasteiger partial charge is 0.133 e. The van der Waals surface area contributed by atoms with Crippen molar-refractivity contribution in [2.24, 2.45) is 0 Å². The van der Waals surface area contributed by atoms with Crippen LogP contribution in [0.15, 0.2) is 25.6 Å². The number of aryl methyl sites for hydroxylation is 1. The predicted octanol–water partition coefficient (Wildman–Crippen LogP) is 8.28. The standard InChI is InChI=1S/C17H26N2.C13H18N2/c1-11(2)14-10-19-17(18-5)15(12(3)4)16(14)13-8-6-7-9-13;1-8(2)11-12(10-5-6-10)9(3)7-15-13(11)14-4/h10-11,13H,3,6-9H2,1-2,4-5H3,(H,18,19);7,10H,1,5-6H2,2-4H3,(H,14,15). The Balaban J connectivity index is 0.000000196. The molecule has 184 valence electrons. The zero-order chi connectivity index (χ0) is 25.0.